The minimum atomic E-state index is -0.131. The van der Waals surface area contributed by atoms with Crippen LogP contribution < -0.4 is 5.32 Å². The second kappa shape index (κ2) is 7.29. The maximum atomic E-state index is 11.7. The van der Waals surface area contributed by atoms with Crippen molar-refractivity contribution in [1.29, 1.82) is 0 Å². The highest BCUT2D eigenvalue weighted by molar-refractivity contribution is 9.09. The van der Waals surface area contributed by atoms with E-state index in [2.05, 4.69) is 21.2 Å². The van der Waals surface area contributed by atoms with Crippen LogP contribution in [0.5, 0.6) is 5.75 Å². The smallest absolute Gasteiger partial charge is 0.224 e. The highest BCUT2D eigenvalue weighted by atomic mass is 79.9. The molecule has 4 nitrogen and oxygen atoms in total. The van der Waals surface area contributed by atoms with E-state index in [1.54, 1.807) is 31.4 Å². The summed E-state index contributed by atoms with van der Waals surface area (Å²) in [4.78, 5) is 11.7. The van der Waals surface area contributed by atoms with Crippen LogP contribution in [0.4, 0.5) is 0 Å². The molecule has 1 rings (SSSR count). The SMILES string of the molecule is COCC(CBr)NC(=O)Cc1ccccc1O. The molecule has 1 unspecified atom stereocenters. The van der Waals surface area contributed by atoms with Crippen molar-refractivity contribution in [3.63, 3.8) is 0 Å². The van der Waals surface area contributed by atoms with Gasteiger partial charge in [-0.25, -0.2) is 0 Å². The number of carbonyl (C=O) groups excluding carboxylic acids is 1. The summed E-state index contributed by atoms with van der Waals surface area (Å²) in [6.07, 6.45) is 0.167. The summed E-state index contributed by atoms with van der Waals surface area (Å²) in [5.74, 6) is 0.0118. The number of phenolic OH excluding ortho intramolecular Hbond substituents is 1. The van der Waals surface area contributed by atoms with Crippen LogP contribution in [0.15, 0.2) is 24.3 Å². The molecule has 0 aromatic heterocycles. The zero-order valence-corrected chi connectivity index (χ0v) is 11.2. The molecule has 0 spiro atoms. The molecule has 0 radical (unpaired) electrons. The van der Waals surface area contributed by atoms with Crippen molar-refractivity contribution in [3.05, 3.63) is 29.8 Å². The number of hydrogen-bond acceptors (Lipinski definition) is 3. The van der Waals surface area contributed by atoms with Crippen LogP contribution in [0, 0.1) is 0 Å². The molecular weight excluding hydrogens is 286 g/mol. The van der Waals surface area contributed by atoms with Crippen molar-refractivity contribution in [2.75, 3.05) is 19.0 Å². The van der Waals surface area contributed by atoms with Crippen molar-refractivity contribution in [2.45, 2.75) is 12.5 Å². The zero-order chi connectivity index (χ0) is 12.7. The molecule has 0 aliphatic carbocycles. The minimum Gasteiger partial charge on any atom is -0.508 e. The highest BCUT2D eigenvalue weighted by Gasteiger charge is 2.12. The summed E-state index contributed by atoms with van der Waals surface area (Å²) in [5, 5.41) is 13.0. The molecule has 0 heterocycles. The van der Waals surface area contributed by atoms with Gasteiger partial charge in [-0.2, -0.15) is 0 Å². The zero-order valence-electron chi connectivity index (χ0n) is 9.65. The van der Waals surface area contributed by atoms with Crippen molar-refractivity contribution < 1.29 is 14.6 Å². The summed E-state index contributed by atoms with van der Waals surface area (Å²) in [7, 11) is 1.59. The third kappa shape index (κ3) is 4.75. The first kappa shape index (κ1) is 14.0. The number of benzene rings is 1. The maximum Gasteiger partial charge on any atom is 0.224 e. The molecule has 2 N–H and O–H groups in total. The van der Waals surface area contributed by atoms with Gasteiger partial charge in [-0.1, -0.05) is 34.1 Å². The lowest BCUT2D eigenvalue weighted by Gasteiger charge is -2.15. The predicted molar refractivity (Wildman–Crippen MR) is 69.4 cm³/mol. The Bertz CT molecular complexity index is 371. The van der Waals surface area contributed by atoms with E-state index in [-0.39, 0.29) is 24.1 Å². The lowest BCUT2D eigenvalue weighted by molar-refractivity contribution is -0.121. The van der Waals surface area contributed by atoms with Gasteiger partial charge in [-0.15, -0.1) is 0 Å². The van der Waals surface area contributed by atoms with Crippen LogP contribution in [-0.2, 0) is 16.0 Å². The number of phenols is 1. The molecule has 0 fully saturated rings. The molecule has 1 aromatic rings. The minimum absolute atomic E-state index is 0.0571. The fourth-order valence-electron chi connectivity index (χ4n) is 1.44. The average Bonchev–Trinajstić information content (AvgIpc) is 2.31. The normalized spacial score (nSPS) is 12.1. The van der Waals surface area contributed by atoms with Crippen LogP contribution in [0.3, 0.4) is 0 Å². The Hall–Kier alpha value is -1.07. The third-order valence-electron chi connectivity index (χ3n) is 2.26. The highest BCUT2D eigenvalue weighted by Crippen LogP contribution is 2.15. The van der Waals surface area contributed by atoms with Crippen LogP contribution in [0.1, 0.15) is 5.56 Å². The van der Waals surface area contributed by atoms with Crippen LogP contribution in [-0.4, -0.2) is 36.1 Å². The van der Waals surface area contributed by atoms with Gasteiger partial charge in [0, 0.05) is 18.0 Å². The molecule has 1 aromatic carbocycles. The number of ether oxygens (including phenoxy) is 1. The van der Waals surface area contributed by atoms with Gasteiger partial charge in [0.05, 0.1) is 19.1 Å². The molecule has 0 bridgehead atoms. The van der Waals surface area contributed by atoms with Gasteiger partial charge >= 0.3 is 0 Å². The third-order valence-corrected chi connectivity index (χ3v) is 3.04. The number of methoxy groups -OCH3 is 1. The first-order chi connectivity index (χ1) is 8.17. The van der Waals surface area contributed by atoms with E-state index < -0.39 is 0 Å². The van der Waals surface area contributed by atoms with E-state index in [1.165, 1.54) is 0 Å². The number of nitrogens with one attached hydrogen (secondary N) is 1. The van der Waals surface area contributed by atoms with E-state index >= 15 is 0 Å². The molecule has 1 amide bonds. The molecule has 0 saturated carbocycles. The summed E-state index contributed by atoms with van der Waals surface area (Å²) in [6, 6.07) is 6.76. The van der Waals surface area contributed by atoms with Gasteiger partial charge in [0.1, 0.15) is 5.75 Å². The standard InChI is InChI=1S/C12H16BrNO3/c1-17-8-10(7-13)14-12(16)6-9-4-2-3-5-11(9)15/h2-5,10,15H,6-8H2,1H3,(H,14,16). The molecule has 5 heteroatoms. The topological polar surface area (TPSA) is 58.6 Å². The fourth-order valence-corrected chi connectivity index (χ4v) is 1.79. The van der Waals surface area contributed by atoms with Crippen LogP contribution in [0.25, 0.3) is 0 Å². The Labute approximate surface area is 109 Å². The Morgan fingerprint density at radius 2 is 2.24 bits per heavy atom. The molecule has 17 heavy (non-hydrogen) atoms. The molecule has 0 aliphatic heterocycles. The van der Waals surface area contributed by atoms with Gasteiger partial charge in [0.2, 0.25) is 5.91 Å². The van der Waals surface area contributed by atoms with Crippen molar-refractivity contribution in [3.8, 4) is 5.75 Å². The molecular formula is C12H16BrNO3. The second-order valence-electron chi connectivity index (χ2n) is 3.68. The summed E-state index contributed by atoms with van der Waals surface area (Å²) < 4.78 is 4.98. The lowest BCUT2D eigenvalue weighted by atomic mass is 10.1. The quantitative estimate of drug-likeness (QED) is 0.782. The Morgan fingerprint density at radius 1 is 1.53 bits per heavy atom. The number of rotatable bonds is 6. The Kier molecular flexibility index (Phi) is 6.00. The number of carbonyl (C=O) groups is 1. The number of amides is 1. The summed E-state index contributed by atoms with van der Waals surface area (Å²) >= 11 is 3.30. The molecule has 94 valence electrons. The van der Waals surface area contributed by atoms with Crippen LogP contribution in [0.2, 0.25) is 0 Å². The second-order valence-corrected chi connectivity index (χ2v) is 4.33. The lowest BCUT2D eigenvalue weighted by Crippen LogP contribution is -2.40. The maximum absolute atomic E-state index is 11.7. The van der Waals surface area contributed by atoms with E-state index in [1.807, 2.05) is 0 Å². The number of para-hydroxylation sites is 1. The fraction of sp³-hybridized carbons (Fsp3) is 0.417. The van der Waals surface area contributed by atoms with Crippen molar-refractivity contribution in [2.24, 2.45) is 0 Å². The molecule has 1 atom stereocenters. The first-order valence-electron chi connectivity index (χ1n) is 5.28. The van der Waals surface area contributed by atoms with Crippen molar-refractivity contribution in [1.82, 2.24) is 5.32 Å². The van der Waals surface area contributed by atoms with Crippen LogP contribution >= 0.6 is 15.9 Å². The van der Waals surface area contributed by atoms with Crippen molar-refractivity contribution >= 4 is 21.8 Å². The van der Waals surface area contributed by atoms with Gasteiger partial charge in [0.25, 0.3) is 0 Å². The molecule has 0 saturated heterocycles. The number of hydrogen-bond donors (Lipinski definition) is 2. The predicted octanol–water partition coefficient (Wildman–Crippen LogP) is 1.46. The van der Waals surface area contributed by atoms with E-state index in [4.69, 9.17) is 4.74 Å². The average molecular weight is 302 g/mol. The molecule has 0 aliphatic rings. The summed E-state index contributed by atoms with van der Waals surface area (Å²) in [6.45, 7) is 0.456. The van der Waals surface area contributed by atoms with E-state index in [0.717, 1.165) is 0 Å². The van der Waals surface area contributed by atoms with E-state index in [0.29, 0.717) is 17.5 Å². The first-order valence-corrected chi connectivity index (χ1v) is 6.40. The number of alkyl halides is 1. The Morgan fingerprint density at radius 3 is 2.82 bits per heavy atom. The monoisotopic (exact) mass is 301 g/mol. The Balaban J connectivity index is 2.52. The van der Waals surface area contributed by atoms with E-state index in [9.17, 15) is 9.90 Å². The van der Waals surface area contributed by atoms with Gasteiger partial charge in [-0.3, -0.25) is 4.79 Å². The van der Waals surface area contributed by atoms with Gasteiger partial charge in [-0.05, 0) is 6.07 Å². The largest absolute Gasteiger partial charge is 0.508 e. The number of aromatic hydroxyl groups is 1. The van der Waals surface area contributed by atoms with Gasteiger partial charge < -0.3 is 15.2 Å². The number of halogens is 1. The summed E-state index contributed by atoms with van der Waals surface area (Å²) in [5.41, 5.74) is 0.621. The van der Waals surface area contributed by atoms with Gasteiger partial charge in [0.15, 0.2) is 0 Å².